The number of rotatable bonds is 5. The lowest BCUT2D eigenvalue weighted by Crippen LogP contribution is -2.28. The highest BCUT2D eigenvalue weighted by Crippen LogP contribution is 2.31. The number of hydrogen-bond donors (Lipinski definition) is 1. The third-order valence-corrected chi connectivity index (χ3v) is 5.69. The predicted octanol–water partition coefficient (Wildman–Crippen LogP) is 4.00. The molecule has 0 saturated carbocycles. The number of methoxy groups -OCH3 is 1. The molecule has 32 heavy (non-hydrogen) atoms. The lowest BCUT2D eigenvalue weighted by molar-refractivity contribution is -0.122. The highest BCUT2D eigenvalue weighted by atomic mass is 16.5. The van der Waals surface area contributed by atoms with Gasteiger partial charge < -0.3 is 19.4 Å². The molecule has 0 aliphatic carbocycles. The molecule has 1 aliphatic heterocycles. The molecule has 0 spiro atoms. The molecule has 2 aromatic carbocycles. The van der Waals surface area contributed by atoms with Crippen molar-refractivity contribution in [3.05, 3.63) is 79.1 Å². The topological polar surface area (TPSA) is 75.9 Å². The molecule has 5 rings (SSSR count). The van der Waals surface area contributed by atoms with Crippen molar-refractivity contribution in [1.29, 1.82) is 0 Å². The van der Waals surface area contributed by atoms with E-state index in [4.69, 9.17) is 4.74 Å². The van der Waals surface area contributed by atoms with Crippen LogP contribution in [0.15, 0.2) is 79.1 Å². The molecular formula is C25H22N4O3. The molecule has 1 atom stereocenters. The van der Waals surface area contributed by atoms with Crippen molar-refractivity contribution in [3.63, 3.8) is 0 Å². The second kappa shape index (κ2) is 8.19. The number of aromatic nitrogens is 2. The molecule has 7 heteroatoms. The minimum atomic E-state index is -0.442. The summed E-state index contributed by atoms with van der Waals surface area (Å²) in [5.74, 6) is -0.0283. The van der Waals surface area contributed by atoms with Crippen molar-refractivity contribution in [2.75, 3.05) is 23.9 Å². The Kier molecular flexibility index (Phi) is 5.07. The van der Waals surface area contributed by atoms with Gasteiger partial charge in [-0.15, -0.1) is 0 Å². The Labute approximate surface area is 185 Å². The van der Waals surface area contributed by atoms with Crippen LogP contribution in [-0.4, -0.2) is 34.9 Å². The molecule has 0 radical (unpaired) electrons. The van der Waals surface area contributed by atoms with Gasteiger partial charge in [0.25, 0.3) is 0 Å². The first-order valence-corrected chi connectivity index (χ1v) is 10.4. The molecule has 1 aliphatic rings. The summed E-state index contributed by atoms with van der Waals surface area (Å²) in [7, 11) is 1.59. The Balaban J connectivity index is 1.36. The van der Waals surface area contributed by atoms with Crippen molar-refractivity contribution in [1.82, 2.24) is 9.38 Å². The first kappa shape index (κ1) is 19.8. The van der Waals surface area contributed by atoms with Crippen LogP contribution in [-0.2, 0) is 9.59 Å². The number of pyridine rings is 1. The van der Waals surface area contributed by atoms with Gasteiger partial charge in [0.15, 0.2) is 0 Å². The van der Waals surface area contributed by atoms with Crippen LogP contribution in [0, 0.1) is 5.92 Å². The third kappa shape index (κ3) is 3.69. The average Bonchev–Trinajstić information content (AvgIpc) is 3.43. The van der Waals surface area contributed by atoms with Crippen LogP contribution in [0.3, 0.4) is 0 Å². The van der Waals surface area contributed by atoms with Crippen LogP contribution in [0.2, 0.25) is 0 Å². The number of nitrogens with one attached hydrogen (secondary N) is 1. The van der Waals surface area contributed by atoms with E-state index in [1.807, 2.05) is 77.5 Å². The number of amides is 2. The standard InChI is InChI=1S/C25H22N4O3/c1-32-19-8-6-7-18(14-19)29-15-17(13-24(29)30)25(31)27-21-10-3-2-9-20(21)22-16-28-12-5-4-11-23(28)26-22/h2-12,14,16-17H,13,15H2,1H3,(H,27,31)/t17-/m1/s1. The molecule has 160 valence electrons. The molecular weight excluding hydrogens is 404 g/mol. The molecule has 1 fully saturated rings. The minimum absolute atomic E-state index is 0.0768. The molecule has 4 aromatic rings. The maximum absolute atomic E-state index is 13.1. The number of fused-ring (bicyclic) bond motifs is 1. The number of ether oxygens (including phenoxy) is 1. The zero-order valence-corrected chi connectivity index (χ0v) is 17.6. The molecule has 3 heterocycles. The normalized spacial score (nSPS) is 15.8. The zero-order valence-electron chi connectivity index (χ0n) is 17.6. The lowest BCUT2D eigenvalue weighted by atomic mass is 10.1. The smallest absolute Gasteiger partial charge is 0.229 e. The van der Waals surface area contributed by atoms with Crippen LogP contribution in [0.5, 0.6) is 5.75 Å². The Morgan fingerprint density at radius 2 is 1.94 bits per heavy atom. The second-order valence-corrected chi connectivity index (χ2v) is 7.73. The number of nitrogens with zero attached hydrogens (tertiary/aromatic N) is 3. The largest absolute Gasteiger partial charge is 0.497 e. The van der Waals surface area contributed by atoms with Crippen molar-refractivity contribution >= 4 is 28.8 Å². The molecule has 2 aromatic heterocycles. The third-order valence-electron chi connectivity index (χ3n) is 5.69. The first-order chi connectivity index (χ1) is 15.6. The van der Waals surface area contributed by atoms with Gasteiger partial charge >= 0.3 is 0 Å². The Hall–Kier alpha value is -4.13. The number of carbonyl (C=O) groups is 2. The van der Waals surface area contributed by atoms with Crippen LogP contribution in [0.25, 0.3) is 16.9 Å². The maximum atomic E-state index is 13.1. The van der Waals surface area contributed by atoms with E-state index in [2.05, 4.69) is 10.3 Å². The number of anilines is 2. The second-order valence-electron chi connectivity index (χ2n) is 7.73. The van der Waals surface area contributed by atoms with Gasteiger partial charge in [0.2, 0.25) is 11.8 Å². The van der Waals surface area contributed by atoms with E-state index in [0.29, 0.717) is 18.0 Å². The maximum Gasteiger partial charge on any atom is 0.229 e. The number of benzene rings is 2. The van der Waals surface area contributed by atoms with E-state index in [1.54, 1.807) is 18.1 Å². The van der Waals surface area contributed by atoms with E-state index in [0.717, 1.165) is 22.6 Å². The fraction of sp³-hybridized carbons (Fsp3) is 0.160. The van der Waals surface area contributed by atoms with E-state index in [9.17, 15) is 9.59 Å². The van der Waals surface area contributed by atoms with E-state index >= 15 is 0 Å². The van der Waals surface area contributed by atoms with Gasteiger partial charge in [-0.3, -0.25) is 9.59 Å². The SMILES string of the molecule is COc1cccc(N2C[C@H](C(=O)Nc3ccccc3-c3cn4ccccc4n3)CC2=O)c1. The molecule has 0 unspecified atom stereocenters. The number of carbonyl (C=O) groups excluding carboxylic acids is 2. The van der Waals surface area contributed by atoms with Crippen molar-refractivity contribution < 1.29 is 14.3 Å². The Bertz CT molecular complexity index is 1280. The van der Waals surface area contributed by atoms with Crippen molar-refractivity contribution in [2.24, 2.45) is 5.92 Å². The van der Waals surface area contributed by atoms with Crippen LogP contribution < -0.4 is 15.0 Å². The molecule has 2 amide bonds. The first-order valence-electron chi connectivity index (χ1n) is 10.4. The van der Waals surface area contributed by atoms with Crippen LogP contribution in [0.1, 0.15) is 6.42 Å². The molecule has 1 saturated heterocycles. The summed E-state index contributed by atoms with van der Waals surface area (Å²) in [4.78, 5) is 32.0. The van der Waals surface area contributed by atoms with Gasteiger partial charge in [0.05, 0.1) is 24.4 Å². The van der Waals surface area contributed by atoms with Crippen LogP contribution in [0.4, 0.5) is 11.4 Å². The highest BCUT2D eigenvalue weighted by Gasteiger charge is 2.35. The minimum Gasteiger partial charge on any atom is -0.497 e. The Morgan fingerprint density at radius 3 is 2.78 bits per heavy atom. The summed E-state index contributed by atoms with van der Waals surface area (Å²) in [6.45, 7) is 0.328. The van der Waals surface area contributed by atoms with Crippen LogP contribution >= 0.6 is 0 Å². The summed E-state index contributed by atoms with van der Waals surface area (Å²) in [6.07, 6.45) is 4.04. The summed E-state index contributed by atoms with van der Waals surface area (Å²) >= 11 is 0. The quantitative estimate of drug-likeness (QED) is 0.523. The Morgan fingerprint density at radius 1 is 1.09 bits per heavy atom. The molecule has 0 bridgehead atoms. The predicted molar refractivity (Wildman–Crippen MR) is 123 cm³/mol. The van der Waals surface area contributed by atoms with Gasteiger partial charge in [0.1, 0.15) is 11.4 Å². The van der Waals surface area contributed by atoms with Gasteiger partial charge in [0, 0.05) is 42.7 Å². The number of para-hydroxylation sites is 1. The van der Waals surface area contributed by atoms with Gasteiger partial charge in [-0.25, -0.2) is 4.98 Å². The van der Waals surface area contributed by atoms with Crippen molar-refractivity contribution in [3.8, 4) is 17.0 Å². The average molecular weight is 426 g/mol. The molecule has 7 nitrogen and oxygen atoms in total. The van der Waals surface area contributed by atoms with E-state index in [-0.39, 0.29) is 18.2 Å². The van der Waals surface area contributed by atoms with Gasteiger partial charge in [-0.2, -0.15) is 0 Å². The molecule has 1 N–H and O–H groups in total. The van der Waals surface area contributed by atoms with Gasteiger partial charge in [-0.1, -0.05) is 30.3 Å². The van der Waals surface area contributed by atoms with E-state index in [1.165, 1.54) is 0 Å². The fourth-order valence-electron chi connectivity index (χ4n) is 4.03. The summed E-state index contributed by atoms with van der Waals surface area (Å²) in [6, 6.07) is 20.7. The number of hydrogen-bond acceptors (Lipinski definition) is 4. The summed E-state index contributed by atoms with van der Waals surface area (Å²) in [5, 5.41) is 3.02. The zero-order chi connectivity index (χ0) is 22.1. The number of imidazole rings is 1. The van der Waals surface area contributed by atoms with Gasteiger partial charge in [-0.05, 0) is 30.3 Å². The highest BCUT2D eigenvalue weighted by molar-refractivity contribution is 6.04. The monoisotopic (exact) mass is 426 g/mol. The van der Waals surface area contributed by atoms with Crippen molar-refractivity contribution in [2.45, 2.75) is 6.42 Å². The summed E-state index contributed by atoms with van der Waals surface area (Å²) < 4.78 is 7.20. The van der Waals surface area contributed by atoms with E-state index < -0.39 is 5.92 Å². The fourth-order valence-corrected chi connectivity index (χ4v) is 4.03. The lowest BCUT2D eigenvalue weighted by Gasteiger charge is -2.17. The summed E-state index contributed by atoms with van der Waals surface area (Å²) in [5.41, 5.74) is 3.84.